The van der Waals surface area contributed by atoms with Gasteiger partial charge in [-0.3, -0.25) is 14.3 Å². The Bertz CT molecular complexity index is 839. The fourth-order valence-electron chi connectivity index (χ4n) is 2.97. The average Bonchev–Trinajstić information content (AvgIpc) is 3.16. The summed E-state index contributed by atoms with van der Waals surface area (Å²) < 4.78 is 6.85. The van der Waals surface area contributed by atoms with Crippen molar-refractivity contribution in [3.05, 3.63) is 16.6 Å². The van der Waals surface area contributed by atoms with Crippen molar-refractivity contribution in [2.75, 3.05) is 19.8 Å². The fourth-order valence-corrected chi connectivity index (χ4v) is 3.99. The first-order valence-corrected chi connectivity index (χ1v) is 8.96. The van der Waals surface area contributed by atoms with E-state index in [1.807, 2.05) is 14.0 Å². The molecule has 2 amide bonds. The molecule has 0 aromatic carbocycles. The van der Waals surface area contributed by atoms with Gasteiger partial charge in [0, 0.05) is 19.0 Å². The van der Waals surface area contributed by atoms with Gasteiger partial charge in [-0.05, 0) is 19.9 Å². The molecule has 1 aliphatic rings. The van der Waals surface area contributed by atoms with Crippen LogP contribution in [0.3, 0.4) is 0 Å². The standard InChI is InChI=1S/C16H20N4O5S/c1-8-10-6-12(26-15(10)19(3)18-8)13(21)17-9(2)14(22)20-4-5-25-7-11(20)16(23)24/h6,9,11H,4-5,7H2,1-3H3,(H,17,21)(H,23,24). The number of carbonyl (C=O) groups excluding carboxylic acids is 2. The summed E-state index contributed by atoms with van der Waals surface area (Å²) in [6, 6.07) is -0.121. The van der Waals surface area contributed by atoms with E-state index in [1.54, 1.807) is 17.7 Å². The number of hydrogen-bond acceptors (Lipinski definition) is 6. The number of morpholine rings is 1. The van der Waals surface area contributed by atoms with Crippen molar-refractivity contribution in [3.8, 4) is 0 Å². The van der Waals surface area contributed by atoms with E-state index in [4.69, 9.17) is 4.74 Å². The number of rotatable bonds is 4. The highest BCUT2D eigenvalue weighted by molar-refractivity contribution is 7.20. The second-order valence-electron chi connectivity index (χ2n) is 6.19. The second-order valence-corrected chi connectivity index (χ2v) is 7.22. The number of nitrogens with one attached hydrogen (secondary N) is 1. The molecule has 2 atom stereocenters. The second kappa shape index (κ2) is 7.04. The molecule has 0 spiro atoms. The maximum Gasteiger partial charge on any atom is 0.328 e. The highest BCUT2D eigenvalue weighted by Gasteiger charge is 2.35. The number of carboxylic acids is 1. The van der Waals surface area contributed by atoms with Crippen LogP contribution in [0, 0.1) is 6.92 Å². The van der Waals surface area contributed by atoms with Crippen LogP contribution in [0.15, 0.2) is 6.07 Å². The van der Waals surface area contributed by atoms with Crippen molar-refractivity contribution in [2.45, 2.75) is 25.9 Å². The highest BCUT2D eigenvalue weighted by atomic mass is 32.1. The maximum atomic E-state index is 12.6. The lowest BCUT2D eigenvalue weighted by atomic mass is 10.2. The first-order chi connectivity index (χ1) is 12.3. The maximum absolute atomic E-state index is 12.6. The molecule has 10 heteroatoms. The number of ether oxygens (including phenoxy) is 1. The minimum atomic E-state index is -1.12. The van der Waals surface area contributed by atoms with E-state index in [-0.39, 0.29) is 25.7 Å². The predicted octanol–water partition coefficient (Wildman–Crippen LogP) is 0.374. The van der Waals surface area contributed by atoms with E-state index in [2.05, 4.69) is 10.4 Å². The minimum Gasteiger partial charge on any atom is -0.480 e. The number of amides is 2. The summed E-state index contributed by atoms with van der Waals surface area (Å²) in [6.45, 7) is 3.83. The molecular formula is C16H20N4O5S. The van der Waals surface area contributed by atoms with Gasteiger partial charge in [-0.1, -0.05) is 0 Å². The zero-order valence-electron chi connectivity index (χ0n) is 14.7. The number of carboxylic acid groups (broad SMARTS) is 1. The normalized spacial score (nSPS) is 18.7. The Morgan fingerprint density at radius 1 is 1.46 bits per heavy atom. The number of nitrogens with zero attached hydrogens (tertiary/aromatic N) is 3. The molecule has 2 aromatic rings. The highest BCUT2D eigenvalue weighted by Crippen LogP contribution is 2.27. The molecule has 2 N–H and O–H groups in total. The van der Waals surface area contributed by atoms with E-state index in [9.17, 15) is 19.5 Å². The van der Waals surface area contributed by atoms with Gasteiger partial charge in [0.05, 0.1) is 23.8 Å². The lowest BCUT2D eigenvalue weighted by Crippen LogP contribution is -2.57. The van der Waals surface area contributed by atoms with E-state index in [0.29, 0.717) is 4.88 Å². The molecule has 0 aliphatic carbocycles. The van der Waals surface area contributed by atoms with Crippen LogP contribution in [-0.2, 0) is 21.4 Å². The summed E-state index contributed by atoms with van der Waals surface area (Å²) in [5.41, 5.74) is 0.833. The van der Waals surface area contributed by atoms with Crippen molar-refractivity contribution in [3.63, 3.8) is 0 Å². The van der Waals surface area contributed by atoms with Crippen LogP contribution in [0.25, 0.3) is 10.2 Å². The van der Waals surface area contributed by atoms with Gasteiger partial charge in [0.25, 0.3) is 5.91 Å². The predicted molar refractivity (Wildman–Crippen MR) is 94.2 cm³/mol. The zero-order valence-corrected chi connectivity index (χ0v) is 15.5. The lowest BCUT2D eigenvalue weighted by molar-refractivity contribution is -0.158. The van der Waals surface area contributed by atoms with Crippen molar-refractivity contribution < 1.29 is 24.2 Å². The van der Waals surface area contributed by atoms with Crippen molar-refractivity contribution in [1.29, 1.82) is 0 Å². The van der Waals surface area contributed by atoms with Crippen LogP contribution in [0.4, 0.5) is 0 Å². The van der Waals surface area contributed by atoms with Crippen LogP contribution in [-0.4, -0.2) is 69.4 Å². The quantitative estimate of drug-likeness (QED) is 0.792. The molecule has 0 saturated carbocycles. The molecule has 3 heterocycles. The van der Waals surface area contributed by atoms with Crippen LogP contribution < -0.4 is 5.32 Å². The Morgan fingerprint density at radius 3 is 2.85 bits per heavy atom. The molecule has 1 aliphatic heterocycles. The molecule has 1 saturated heterocycles. The number of carbonyl (C=O) groups is 3. The molecule has 2 unspecified atom stereocenters. The Labute approximate surface area is 153 Å². The van der Waals surface area contributed by atoms with Crippen LogP contribution in [0.2, 0.25) is 0 Å². The number of thiophene rings is 1. The number of aliphatic carboxylic acids is 1. The monoisotopic (exact) mass is 380 g/mol. The molecule has 3 rings (SSSR count). The van der Waals surface area contributed by atoms with Crippen LogP contribution in [0.1, 0.15) is 22.3 Å². The third-order valence-corrected chi connectivity index (χ3v) is 5.54. The fraction of sp³-hybridized carbons (Fsp3) is 0.500. The molecule has 26 heavy (non-hydrogen) atoms. The molecule has 140 valence electrons. The lowest BCUT2D eigenvalue weighted by Gasteiger charge is -2.34. The van der Waals surface area contributed by atoms with Crippen molar-refractivity contribution in [2.24, 2.45) is 7.05 Å². The Balaban J connectivity index is 1.72. The number of hydrogen-bond donors (Lipinski definition) is 2. The molecule has 1 fully saturated rings. The van der Waals surface area contributed by atoms with E-state index < -0.39 is 24.0 Å². The van der Waals surface area contributed by atoms with Crippen LogP contribution in [0.5, 0.6) is 0 Å². The largest absolute Gasteiger partial charge is 0.480 e. The smallest absolute Gasteiger partial charge is 0.328 e. The van der Waals surface area contributed by atoms with Gasteiger partial charge in [0.2, 0.25) is 5.91 Å². The van der Waals surface area contributed by atoms with E-state index in [1.165, 1.54) is 16.2 Å². The zero-order chi connectivity index (χ0) is 19.0. The van der Waals surface area contributed by atoms with Gasteiger partial charge in [0.1, 0.15) is 10.9 Å². The minimum absolute atomic E-state index is 0.0513. The summed E-state index contributed by atoms with van der Waals surface area (Å²) in [7, 11) is 1.81. The number of fused-ring (bicyclic) bond motifs is 1. The molecule has 2 aromatic heterocycles. The Morgan fingerprint density at radius 2 is 2.19 bits per heavy atom. The molecule has 9 nitrogen and oxygen atoms in total. The third-order valence-electron chi connectivity index (χ3n) is 4.33. The van der Waals surface area contributed by atoms with Gasteiger partial charge < -0.3 is 20.1 Å². The summed E-state index contributed by atoms with van der Waals surface area (Å²) in [5, 5.41) is 17.1. The molecule has 0 bridgehead atoms. The summed E-state index contributed by atoms with van der Waals surface area (Å²) in [5.74, 6) is -1.93. The third kappa shape index (κ3) is 3.29. The molecular weight excluding hydrogens is 360 g/mol. The van der Waals surface area contributed by atoms with Crippen molar-refractivity contribution >= 4 is 39.3 Å². The van der Waals surface area contributed by atoms with Gasteiger partial charge in [0.15, 0.2) is 6.04 Å². The van der Waals surface area contributed by atoms with Gasteiger partial charge >= 0.3 is 5.97 Å². The molecule has 0 radical (unpaired) electrons. The van der Waals surface area contributed by atoms with Gasteiger partial charge in [-0.25, -0.2) is 4.79 Å². The Kier molecular flexibility index (Phi) is 4.97. The Hall–Kier alpha value is -2.46. The first-order valence-electron chi connectivity index (χ1n) is 8.14. The first kappa shape index (κ1) is 18.3. The number of aryl methyl sites for hydroxylation is 2. The summed E-state index contributed by atoms with van der Waals surface area (Å²) in [6.07, 6.45) is 0. The van der Waals surface area contributed by atoms with E-state index >= 15 is 0 Å². The van der Waals surface area contributed by atoms with Crippen molar-refractivity contribution in [1.82, 2.24) is 20.0 Å². The summed E-state index contributed by atoms with van der Waals surface area (Å²) in [4.78, 5) is 39.0. The van der Waals surface area contributed by atoms with Gasteiger partial charge in [-0.2, -0.15) is 5.10 Å². The van der Waals surface area contributed by atoms with Gasteiger partial charge in [-0.15, -0.1) is 11.3 Å². The number of aromatic nitrogens is 2. The summed E-state index contributed by atoms with van der Waals surface area (Å²) >= 11 is 1.30. The topological polar surface area (TPSA) is 114 Å². The van der Waals surface area contributed by atoms with E-state index in [0.717, 1.165) is 15.9 Å². The van der Waals surface area contributed by atoms with Crippen LogP contribution >= 0.6 is 11.3 Å². The average molecular weight is 380 g/mol. The SMILES string of the molecule is Cc1nn(C)c2sc(C(=O)NC(C)C(=O)N3CCOCC3C(=O)O)cc12.